The van der Waals surface area contributed by atoms with Crippen LogP contribution in [0.1, 0.15) is 31.1 Å². The van der Waals surface area contributed by atoms with Crippen LogP contribution >= 0.6 is 11.6 Å². The minimum Gasteiger partial charge on any atom is -0.378 e. The number of benzene rings is 1. The zero-order valence-corrected chi connectivity index (χ0v) is 12.9. The highest BCUT2D eigenvalue weighted by Crippen LogP contribution is 2.24. The van der Waals surface area contributed by atoms with Gasteiger partial charge >= 0.3 is 0 Å². The Kier molecular flexibility index (Phi) is 4.47. The fourth-order valence-corrected chi connectivity index (χ4v) is 2.18. The monoisotopic (exact) mass is 308 g/mol. The first-order chi connectivity index (χ1) is 9.88. The summed E-state index contributed by atoms with van der Waals surface area (Å²) in [6.07, 6.45) is 1.90. The molecule has 2 aromatic rings. The predicted molar refractivity (Wildman–Crippen MR) is 82.8 cm³/mol. The summed E-state index contributed by atoms with van der Waals surface area (Å²) in [4.78, 5) is 10.6. The van der Waals surface area contributed by atoms with Crippen LogP contribution in [0, 0.1) is 17.0 Å². The van der Waals surface area contributed by atoms with Crippen molar-refractivity contribution in [3.8, 4) is 0 Å². The van der Waals surface area contributed by atoms with Crippen LogP contribution in [0.4, 0.5) is 11.4 Å². The minimum absolute atomic E-state index is 0.0563. The van der Waals surface area contributed by atoms with Gasteiger partial charge in [0.15, 0.2) is 0 Å². The molecule has 0 saturated heterocycles. The second-order valence-corrected chi connectivity index (χ2v) is 5.52. The van der Waals surface area contributed by atoms with Crippen LogP contribution in [0.3, 0.4) is 0 Å². The van der Waals surface area contributed by atoms with Crippen LogP contribution in [-0.4, -0.2) is 14.7 Å². The van der Waals surface area contributed by atoms with Crippen LogP contribution in [0.2, 0.25) is 5.02 Å². The Hall–Kier alpha value is -2.08. The van der Waals surface area contributed by atoms with E-state index < -0.39 is 4.92 Å². The summed E-state index contributed by atoms with van der Waals surface area (Å²) in [5.41, 5.74) is 2.32. The summed E-state index contributed by atoms with van der Waals surface area (Å²) < 4.78 is 1.85. The normalized spacial score (nSPS) is 10.9. The van der Waals surface area contributed by atoms with Gasteiger partial charge in [0.2, 0.25) is 0 Å². The zero-order chi connectivity index (χ0) is 15.6. The topological polar surface area (TPSA) is 73.0 Å². The molecule has 0 saturated carbocycles. The fourth-order valence-electron chi connectivity index (χ4n) is 1.98. The Morgan fingerprint density at radius 3 is 2.76 bits per heavy atom. The van der Waals surface area contributed by atoms with Gasteiger partial charge < -0.3 is 5.32 Å². The molecular weight excluding hydrogens is 292 g/mol. The number of aromatic nitrogens is 2. The lowest BCUT2D eigenvalue weighted by Crippen LogP contribution is -2.03. The van der Waals surface area contributed by atoms with E-state index in [0.717, 1.165) is 11.4 Å². The van der Waals surface area contributed by atoms with Gasteiger partial charge in [-0.2, -0.15) is 5.10 Å². The van der Waals surface area contributed by atoms with Gasteiger partial charge in [-0.05, 0) is 32.9 Å². The number of hydrogen-bond donors (Lipinski definition) is 1. The van der Waals surface area contributed by atoms with Crippen molar-refractivity contribution in [1.29, 1.82) is 0 Å². The lowest BCUT2D eigenvalue weighted by atomic mass is 10.2. The average Bonchev–Trinajstić information content (AvgIpc) is 2.77. The van der Waals surface area contributed by atoms with Gasteiger partial charge in [-0.3, -0.25) is 14.8 Å². The number of hydrogen-bond acceptors (Lipinski definition) is 4. The number of halogens is 1. The van der Waals surface area contributed by atoms with Crippen molar-refractivity contribution in [2.45, 2.75) is 33.4 Å². The average molecular weight is 309 g/mol. The molecule has 21 heavy (non-hydrogen) atoms. The number of nitro groups is 1. The number of nitro benzene ring substituents is 1. The highest BCUT2D eigenvalue weighted by Gasteiger charge is 2.14. The summed E-state index contributed by atoms with van der Waals surface area (Å²) in [6, 6.07) is 4.81. The highest BCUT2D eigenvalue weighted by atomic mass is 35.5. The smallest absolute Gasteiger partial charge is 0.274 e. The van der Waals surface area contributed by atoms with Gasteiger partial charge in [-0.15, -0.1) is 0 Å². The Bertz CT molecular complexity index is 667. The molecule has 2 rings (SSSR count). The highest BCUT2D eigenvalue weighted by molar-refractivity contribution is 6.30. The SMILES string of the molecule is Cc1nn(C(C)C)cc1NCc1cc(Cl)ccc1[N+](=O)[O-]. The van der Waals surface area contributed by atoms with E-state index >= 15 is 0 Å². The molecule has 112 valence electrons. The zero-order valence-electron chi connectivity index (χ0n) is 12.1. The molecule has 0 radical (unpaired) electrons. The van der Waals surface area contributed by atoms with Crippen molar-refractivity contribution >= 4 is 23.0 Å². The molecule has 1 aromatic carbocycles. The standard InChI is InChI=1S/C14H17ClN4O2/c1-9(2)18-8-13(10(3)17-18)16-7-11-6-12(15)4-5-14(11)19(20)21/h4-6,8-9,16H,7H2,1-3H3. The predicted octanol–water partition coefficient (Wildman–Crippen LogP) is 3.95. The molecule has 1 heterocycles. The van der Waals surface area contributed by atoms with Gasteiger partial charge in [0.25, 0.3) is 5.69 Å². The van der Waals surface area contributed by atoms with Crippen LogP contribution in [-0.2, 0) is 6.54 Å². The summed E-state index contributed by atoms with van der Waals surface area (Å²) in [5.74, 6) is 0. The maximum atomic E-state index is 11.0. The Balaban J connectivity index is 2.20. The van der Waals surface area contributed by atoms with Crippen molar-refractivity contribution < 1.29 is 4.92 Å². The van der Waals surface area contributed by atoms with Crippen molar-refractivity contribution in [3.05, 3.63) is 50.8 Å². The molecule has 0 aliphatic heterocycles. The Labute approximate surface area is 127 Å². The third-order valence-corrected chi connectivity index (χ3v) is 3.39. The number of aryl methyl sites for hydroxylation is 1. The molecule has 0 unspecified atom stereocenters. The van der Waals surface area contributed by atoms with Crippen molar-refractivity contribution in [3.63, 3.8) is 0 Å². The van der Waals surface area contributed by atoms with Gasteiger partial charge in [0.05, 0.1) is 21.9 Å². The molecule has 6 nitrogen and oxygen atoms in total. The van der Waals surface area contributed by atoms with E-state index in [9.17, 15) is 10.1 Å². The summed E-state index contributed by atoms with van der Waals surface area (Å²) in [7, 11) is 0. The third-order valence-electron chi connectivity index (χ3n) is 3.15. The first kappa shape index (κ1) is 15.3. The number of rotatable bonds is 5. The van der Waals surface area contributed by atoms with Gasteiger partial charge in [0.1, 0.15) is 0 Å². The van der Waals surface area contributed by atoms with E-state index in [0.29, 0.717) is 17.1 Å². The minimum atomic E-state index is -0.405. The van der Waals surface area contributed by atoms with Crippen LogP contribution in [0.15, 0.2) is 24.4 Å². The fraction of sp³-hybridized carbons (Fsp3) is 0.357. The second kappa shape index (κ2) is 6.13. The second-order valence-electron chi connectivity index (χ2n) is 5.09. The molecule has 0 spiro atoms. The number of anilines is 1. The first-order valence-corrected chi connectivity index (χ1v) is 6.98. The maximum absolute atomic E-state index is 11.0. The molecule has 0 atom stereocenters. The van der Waals surface area contributed by atoms with Crippen LogP contribution in [0.25, 0.3) is 0 Å². The molecule has 0 fully saturated rings. The number of nitrogens with one attached hydrogen (secondary N) is 1. The maximum Gasteiger partial charge on any atom is 0.274 e. The van der Waals surface area contributed by atoms with Crippen LogP contribution in [0.5, 0.6) is 0 Å². The summed E-state index contributed by atoms with van der Waals surface area (Å²) >= 11 is 5.91. The van der Waals surface area contributed by atoms with Crippen molar-refractivity contribution in [1.82, 2.24) is 9.78 Å². The quantitative estimate of drug-likeness (QED) is 0.670. The number of nitrogens with zero attached hydrogens (tertiary/aromatic N) is 3. The lowest BCUT2D eigenvalue weighted by molar-refractivity contribution is -0.385. The molecular formula is C14H17ClN4O2. The molecule has 0 bridgehead atoms. The Morgan fingerprint density at radius 1 is 1.48 bits per heavy atom. The summed E-state index contributed by atoms with van der Waals surface area (Å²) in [6.45, 7) is 6.30. The van der Waals surface area contributed by atoms with Crippen molar-refractivity contribution in [2.24, 2.45) is 0 Å². The first-order valence-electron chi connectivity index (χ1n) is 6.61. The Morgan fingerprint density at radius 2 is 2.19 bits per heavy atom. The largest absolute Gasteiger partial charge is 0.378 e. The van der Waals surface area contributed by atoms with E-state index in [1.165, 1.54) is 12.1 Å². The van der Waals surface area contributed by atoms with Crippen molar-refractivity contribution in [2.75, 3.05) is 5.32 Å². The lowest BCUT2D eigenvalue weighted by Gasteiger charge is -2.06. The van der Waals surface area contributed by atoms with E-state index in [-0.39, 0.29) is 11.7 Å². The van der Waals surface area contributed by atoms with Gasteiger partial charge in [-0.1, -0.05) is 11.6 Å². The molecule has 1 N–H and O–H groups in total. The molecule has 0 aliphatic rings. The molecule has 1 aromatic heterocycles. The summed E-state index contributed by atoms with van der Waals surface area (Å²) in [5, 5.41) is 19.1. The van der Waals surface area contributed by atoms with Gasteiger partial charge in [0, 0.05) is 29.9 Å². The van der Waals surface area contributed by atoms with E-state index in [1.54, 1.807) is 6.07 Å². The molecule has 7 heteroatoms. The van der Waals surface area contributed by atoms with Gasteiger partial charge in [-0.25, -0.2) is 0 Å². The third kappa shape index (κ3) is 3.52. The van der Waals surface area contributed by atoms with E-state index in [4.69, 9.17) is 11.6 Å². The van der Waals surface area contributed by atoms with E-state index in [1.807, 2.05) is 31.6 Å². The van der Waals surface area contributed by atoms with Crippen LogP contribution < -0.4 is 5.32 Å². The molecule has 0 amide bonds. The molecule has 0 aliphatic carbocycles. The van der Waals surface area contributed by atoms with E-state index in [2.05, 4.69) is 10.4 Å².